The van der Waals surface area contributed by atoms with Crippen molar-refractivity contribution in [1.82, 2.24) is 5.32 Å². The van der Waals surface area contributed by atoms with Crippen LogP contribution in [-0.2, 0) is 0 Å². The average molecular weight is 183 g/mol. The van der Waals surface area contributed by atoms with Crippen LogP contribution in [-0.4, -0.2) is 14.2 Å². The zero-order chi connectivity index (χ0) is 9.84. The molecule has 1 aromatic rings. The maximum atomic E-state index is 13.4. The molecule has 72 valence electrons. The molecule has 0 fully saturated rings. The van der Waals surface area contributed by atoms with Crippen molar-refractivity contribution in [3.05, 3.63) is 29.6 Å². The Morgan fingerprint density at radius 2 is 2.15 bits per heavy atom. The Morgan fingerprint density at radius 3 is 2.62 bits per heavy atom. The van der Waals surface area contributed by atoms with Crippen molar-refractivity contribution in [2.75, 3.05) is 14.2 Å². The number of rotatable bonds is 3. The number of halogens is 1. The van der Waals surface area contributed by atoms with Gasteiger partial charge in [0.05, 0.1) is 7.11 Å². The summed E-state index contributed by atoms with van der Waals surface area (Å²) in [6.45, 7) is 1.91. The van der Waals surface area contributed by atoms with Crippen LogP contribution in [0.4, 0.5) is 4.39 Å². The molecule has 0 aliphatic rings. The summed E-state index contributed by atoms with van der Waals surface area (Å²) in [7, 11) is 3.32. The van der Waals surface area contributed by atoms with E-state index in [1.54, 1.807) is 19.2 Å². The van der Waals surface area contributed by atoms with Crippen molar-refractivity contribution in [2.45, 2.75) is 13.0 Å². The second-order valence-corrected chi connectivity index (χ2v) is 2.90. The highest BCUT2D eigenvalue weighted by atomic mass is 19.1. The van der Waals surface area contributed by atoms with Gasteiger partial charge in [0.25, 0.3) is 0 Å². The number of ether oxygens (including phenoxy) is 1. The van der Waals surface area contributed by atoms with E-state index < -0.39 is 0 Å². The molecule has 0 aliphatic carbocycles. The molecule has 3 heteroatoms. The van der Waals surface area contributed by atoms with Crippen LogP contribution in [0.2, 0.25) is 0 Å². The first-order chi connectivity index (χ1) is 6.19. The monoisotopic (exact) mass is 183 g/mol. The van der Waals surface area contributed by atoms with Crippen LogP contribution in [0.5, 0.6) is 5.75 Å². The SMILES string of the molecule is CN[C@@H](C)c1ccc(OC)cc1F. The lowest BCUT2D eigenvalue weighted by Crippen LogP contribution is -2.13. The first kappa shape index (κ1) is 9.99. The van der Waals surface area contributed by atoms with Crippen molar-refractivity contribution >= 4 is 0 Å². The topological polar surface area (TPSA) is 21.3 Å². The summed E-state index contributed by atoms with van der Waals surface area (Å²) < 4.78 is 18.3. The smallest absolute Gasteiger partial charge is 0.131 e. The van der Waals surface area contributed by atoms with Crippen molar-refractivity contribution in [2.24, 2.45) is 0 Å². The van der Waals surface area contributed by atoms with Crippen LogP contribution in [0, 0.1) is 5.82 Å². The minimum Gasteiger partial charge on any atom is -0.497 e. The van der Waals surface area contributed by atoms with E-state index in [1.807, 2.05) is 6.92 Å². The maximum Gasteiger partial charge on any atom is 0.131 e. The van der Waals surface area contributed by atoms with Gasteiger partial charge in [-0.05, 0) is 20.0 Å². The van der Waals surface area contributed by atoms with E-state index in [1.165, 1.54) is 13.2 Å². The molecule has 1 aromatic carbocycles. The van der Waals surface area contributed by atoms with Gasteiger partial charge in [0.15, 0.2) is 0 Å². The maximum absolute atomic E-state index is 13.4. The van der Waals surface area contributed by atoms with Gasteiger partial charge in [-0.3, -0.25) is 0 Å². The molecule has 0 saturated heterocycles. The van der Waals surface area contributed by atoms with Gasteiger partial charge in [-0.2, -0.15) is 0 Å². The fraction of sp³-hybridized carbons (Fsp3) is 0.400. The number of hydrogen-bond acceptors (Lipinski definition) is 2. The molecule has 13 heavy (non-hydrogen) atoms. The number of nitrogens with one attached hydrogen (secondary N) is 1. The summed E-state index contributed by atoms with van der Waals surface area (Å²) in [6.07, 6.45) is 0. The summed E-state index contributed by atoms with van der Waals surface area (Å²) in [5.41, 5.74) is 0.656. The predicted octanol–water partition coefficient (Wildman–Crippen LogP) is 2.11. The van der Waals surface area contributed by atoms with Crippen molar-refractivity contribution in [1.29, 1.82) is 0 Å². The van der Waals surface area contributed by atoms with Gasteiger partial charge in [-0.1, -0.05) is 6.07 Å². The Bertz CT molecular complexity index is 288. The second kappa shape index (κ2) is 4.23. The van der Waals surface area contributed by atoms with E-state index in [9.17, 15) is 4.39 Å². The van der Waals surface area contributed by atoms with Gasteiger partial charge < -0.3 is 10.1 Å². The van der Waals surface area contributed by atoms with Gasteiger partial charge in [0.2, 0.25) is 0 Å². The van der Waals surface area contributed by atoms with Gasteiger partial charge in [-0.25, -0.2) is 4.39 Å². The molecule has 0 heterocycles. The first-order valence-corrected chi connectivity index (χ1v) is 4.19. The van der Waals surface area contributed by atoms with Gasteiger partial charge in [0, 0.05) is 17.7 Å². The van der Waals surface area contributed by atoms with Crippen molar-refractivity contribution in [3.8, 4) is 5.75 Å². The molecule has 0 amide bonds. The summed E-state index contributed by atoms with van der Waals surface area (Å²) in [5, 5.41) is 2.98. The van der Waals surface area contributed by atoms with E-state index in [0.29, 0.717) is 11.3 Å². The normalized spacial score (nSPS) is 12.6. The molecular formula is C10H14FNO. The lowest BCUT2D eigenvalue weighted by molar-refractivity contribution is 0.410. The zero-order valence-electron chi connectivity index (χ0n) is 8.10. The molecule has 1 rings (SSSR count). The van der Waals surface area contributed by atoms with Crippen LogP contribution in [0.1, 0.15) is 18.5 Å². The largest absolute Gasteiger partial charge is 0.497 e. The van der Waals surface area contributed by atoms with E-state index >= 15 is 0 Å². The molecular weight excluding hydrogens is 169 g/mol. The highest BCUT2D eigenvalue weighted by molar-refractivity contribution is 5.30. The Kier molecular flexibility index (Phi) is 3.25. The fourth-order valence-electron chi connectivity index (χ4n) is 1.14. The van der Waals surface area contributed by atoms with Crippen molar-refractivity contribution in [3.63, 3.8) is 0 Å². The Morgan fingerprint density at radius 1 is 1.46 bits per heavy atom. The fourth-order valence-corrected chi connectivity index (χ4v) is 1.14. The second-order valence-electron chi connectivity index (χ2n) is 2.90. The zero-order valence-corrected chi connectivity index (χ0v) is 8.10. The highest BCUT2D eigenvalue weighted by Crippen LogP contribution is 2.21. The molecule has 0 radical (unpaired) electrons. The summed E-state index contributed by atoms with van der Waals surface area (Å²) in [6, 6.07) is 4.90. The van der Waals surface area contributed by atoms with E-state index in [4.69, 9.17) is 4.74 Å². The molecule has 0 aromatic heterocycles. The summed E-state index contributed by atoms with van der Waals surface area (Å²) in [5.74, 6) is 0.311. The van der Waals surface area contributed by atoms with Crippen LogP contribution in [0.25, 0.3) is 0 Å². The lowest BCUT2D eigenvalue weighted by Gasteiger charge is -2.12. The van der Waals surface area contributed by atoms with Gasteiger partial charge >= 0.3 is 0 Å². The van der Waals surface area contributed by atoms with E-state index in [2.05, 4.69) is 5.32 Å². The standard InChI is InChI=1S/C10H14FNO/c1-7(12-2)9-5-4-8(13-3)6-10(9)11/h4-7,12H,1-3H3/t7-/m0/s1. The molecule has 1 N–H and O–H groups in total. The van der Waals surface area contributed by atoms with Gasteiger partial charge in [0.1, 0.15) is 11.6 Å². The minimum atomic E-state index is -0.235. The van der Waals surface area contributed by atoms with Crippen LogP contribution >= 0.6 is 0 Å². The Labute approximate surface area is 77.7 Å². The quantitative estimate of drug-likeness (QED) is 0.775. The van der Waals surface area contributed by atoms with E-state index in [-0.39, 0.29) is 11.9 Å². The minimum absolute atomic E-state index is 0.0194. The molecule has 0 saturated carbocycles. The van der Waals surface area contributed by atoms with Crippen LogP contribution in [0.3, 0.4) is 0 Å². The number of methoxy groups -OCH3 is 1. The lowest BCUT2D eigenvalue weighted by atomic mass is 10.1. The predicted molar refractivity (Wildman–Crippen MR) is 50.4 cm³/mol. The van der Waals surface area contributed by atoms with Crippen LogP contribution in [0.15, 0.2) is 18.2 Å². The third kappa shape index (κ3) is 2.18. The Balaban J connectivity index is 2.98. The van der Waals surface area contributed by atoms with Crippen molar-refractivity contribution < 1.29 is 9.13 Å². The third-order valence-corrected chi connectivity index (χ3v) is 2.11. The summed E-state index contributed by atoms with van der Waals surface area (Å²) >= 11 is 0. The highest BCUT2D eigenvalue weighted by Gasteiger charge is 2.09. The summed E-state index contributed by atoms with van der Waals surface area (Å²) in [4.78, 5) is 0. The van der Waals surface area contributed by atoms with E-state index in [0.717, 1.165) is 0 Å². The molecule has 0 bridgehead atoms. The van der Waals surface area contributed by atoms with Crippen LogP contribution < -0.4 is 10.1 Å². The van der Waals surface area contributed by atoms with Gasteiger partial charge in [-0.15, -0.1) is 0 Å². The molecule has 1 atom stereocenters. The first-order valence-electron chi connectivity index (χ1n) is 4.19. The molecule has 0 unspecified atom stereocenters. The molecule has 0 spiro atoms. The third-order valence-electron chi connectivity index (χ3n) is 2.11. The number of hydrogen-bond donors (Lipinski definition) is 1. The Hall–Kier alpha value is -1.09. The number of benzene rings is 1. The average Bonchev–Trinajstić information content (AvgIpc) is 2.16. The molecule has 0 aliphatic heterocycles. The molecule has 2 nitrogen and oxygen atoms in total.